The molecule has 1 fully saturated rings. The molecule has 4 nitrogen and oxygen atoms in total. The predicted molar refractivity (Wildman–Crippen MR) is 93.3 cm³/mol. The lowest BCUT2D eigenvalue weighted by Gasteiger charge is -2.25. The van der Waals surface area contributed by atoms with Crippen molar-refractivity contribution in [1.82, 2.24) is 15.1 Å². The Morgan fingerprint density at radius 1 is 1.33 bits per heavy atom. The maximum Gasteiger partial charge on any atom is 0.131 e. The second-order valence-corrected chi connectivity index (χ2v) is 8.69. The van der Waals surface area contributed by atoms with Crippen LogP contribution in [-0.2, 0) is 13.6 Å². The van der Waals surface area contributed by atoms with Gasteiger partial charge in [0.05, 0.1) is 5.69 Å². The van der Waals surface area contributed by atoms with Gasteiger partial charge in [0, 0.05) is 48.8 Å². The van der Waals surface area contributed by atoms with Crippen molar-refractivity contribution in [2.45, 2.75) is 58.4 Å². The molecule has 1 saturated heterocycles. The fraction of sp³-hybridized carbons (Fsp3) is 0.812. The Bertz CT molecular complexity index is 479. The lowest BCUT2D eigenvalue weighted by molar-refractivity contribution is 0.583. The predicted octanol–water partition coefficient (Wildman–Crippen LogP) is 2.95. The molecule has 0 saturated carbocycles. The largest absolute Gasteiger partial charge is 0.356 e. The molecule has 5 heteroatoms. The van der Waals surface area contributed by atoms with Gasteiger partial charge in [0.15, 0.2) is 0 Å². The van der Waals surface area contributed by atoms with Crippen molar-refractivity contribution in [3.63, 3.8) is 0 Å². The van der Waals surface area contributed by atoms with Crippen LogP contribution >= 0.6 is 11.8 Å². The van der Waals surface area contributed by atoms with Crippen LogP contribution in [0.4, 0.5) is 5.82 Å². The zero-order valence-electron chi connectivity index (χ0n) is 14.4. The highest BCUT2D eigenvalue weighted by molar-refractivity contribution is 8.00. The minimum Gasteiger partial charge on any atom is -0.356 e. The van der Waals surface area contributed by atoms with E-state index in [1.807, 2.05) is 0 Å². The van der Waals surface area contributed by atoms with Gasteiger partial charge >= 0.3 is 0 Å². The molecule has 0 aliphatic carbocycles. The Hall–Kier alpha value is -0.680. The lowest BCUT2D eigenvalue weighted by Crippen LogP contribution is -2.31. The van der Waals surface area contributed by atoms with Gasteiger partial charge < -0.3 is 10.2 Å². The Balaban J connectivity index is 2.21. The molecule has 0 radical (unpaired) electrons. The number of nitrogens with one attached hydrogen (secondary N) is 1. The quantitative estimate of drug-likeness (QED) is 0.927. The summed E-state index contributed by atoms with van der Waals surface area (Å²) in [5.41, 5.74) is 2.51. The number of aryl methyl sites for hydroxylation is 2. The Labute approximate surface area is 133 Å². The molecular formula is C16H30N4S. The number of aromatic nitrogens is 2. The van der Waals surface area contributed by atoms with Crippen molar-refractivity contribution >= 4 is 17.6 Å². The number of thioether (sulfide) groups is 1. The van der Waals surface area contributed by atoms with Crippen molar-refractivity contribution in [2.75, 3.05) is 23.7 Å². The highest BCUT2D eigenvalue weighted by atomic mass is 32.2. The minimum absolute atomic E-state index is 0.388. The van der Waals surface area contributed by atoms with Gasteiger partial charge in [-0.2, -0.15) is 16.9 Å². The standard InChI is InChI=1S/C16H30N4S/c1-12(2)17-11-14-13(3)18-19(6)15(14)20-8-7-16(4,5)21-10-9-20/h12,17H,7-11H2,1-6H3. The van der Waals surface area contributed by atoms with E-state index in [0.717, 1.165) is 25.3 Å². The summed E-state index contributed by atoms with van der Waals surface area (Å²) < 4.78 is 2.45. The molecular weight excluding hydrogens is 280 g/mol. The summed E-state index contributed by atoms with van der Waals surface area (Å²) in [7, 11) is 2.07. The number of hydrogen-bond donors (Lipinski definition) is 1. The summed E-state index contributed by atoms with van der Waals surface area (Å²) in [6, 6.07) is 0.496. The van der Waals surface area contributed by atoms with E-state index in [1.165, 1.54) is 23.6 Å². The third kappa shape index (κ3) is 4.16. The number of hydrogen-bond acceptors (Lipinski definition) is 4. The van der Waals surface area contributed by atoms with E-state index in [0.29, 0.717) is 10.8 Å². The van der Waals surface area contributed by atoms with E-state index < -0.39 is 0 Å². The van der Waals surface area contributed by atoms with Gasteiger partial charge in [-0.15, -0.1) is 0 Å². The first-order chi connectivity index (χ1) is 9.80. The maximum absolute atomic E-state index is 4.66. The molecule has 120 valence electrons. The summed E-state index contributed by atoms with van der Waals surface area (Å²) >= 11 is 2.09. The molecule has 1 N–H and O–H groups in total. The van der Waals surface area contributed by atoms with E-state index in [9.17, 15) is 0 Å². The fourth-order valence-electron chi connectivity index (χ4n) is 2.83. The van der Waals surface area contributed by atoms with E-state index in [-0.39, 0.29) is 0 Å². The second kappa shape index (κ2) is 6.61. The van der Waals surface area contributed by atoms with Crippen LogP contribution in [0, 0.1) is 6.92 Å². The average Bonchev–Trinajstić information content (AvgIpc) is 2.53. The third-order valence-electron chi connectivity index (χ3n) is 4.14. The molecule has 21 heavy (non-hydrogen) atoms. The second-order valence-electron chi connectivity index (χ2n) is 6.89. The number of nitrogens with zero attached hydrogens (tertiary/aromatic N) is 3. The van der Waals surface area contributed by atoms with Gasteiger partial charge in [0.1, 0.15) is 5.82 Å². The van der Waals surface area contributed by atoms with Gasteiger partial charge in [0.2, 0.25) is 0 Å². The zero-order valence-corrected chi connectivity index (χ0v) is 15.2. The molecule has 2 heterocycles. The molecule has 0 unspecified atom stereocenters. The van der Waals surface area contributed by atoms with Crippen LogP contribution in [0.2, 0.25) is 0 Å². The van der Waals surface area contributed by atoms with Crippen molar-refractivity contribution < 1.29 is 0 Å². The molecule has 1 aliphatic rings. The zero-order chi connectivity index (χ0) is 15.6. The average molecular weight is 311 g/mol. The van der Waals surface area contributed by atoms with Crippen LogP contribution in [0.1, 0.15) is 45.4 Å². The lowest BCUT2D eigenvalue weighted by atomic mass is 10.1. The van der Waals surface area contributed by atoms with Crippen molar-refractivity contribution in [1.29, 1.82) is 0 Å². The van der Waals surface area contributed by atoms with Crippen LogP contribution in [0.3, 0.4) is 0 Å². The van der Waals surface area contributed by atoms with E-state index in [1.54, 1.807) is 0 Å². The van der Waals surface area contributed by atoms with Crippen molar-refractivity contribution in [2.24, 2.45) is 7.05 Å². The van der Waals surface area contributed by atoms with E-state index in [2.05, 4.69) is 73.4 Å². The normalized spacial score (nSPS) is 19.1. The highest BCUT2D eigenvalue weighted by Crippen LogP contribution is 2.33. The molecule has 0 amide bonds. The van der Waals surface area contributed by atoms with Crippen LogP contribution in [0.15, 0.2) is 0 Å². The topological polar surface area (TPSA) is 33.1 Å². The first-order valence-electron chi connectivity index (χ1n) is 7.95. The Morgan fingerprint density at radius 3 is 2.71 bits per heavy atom. The molecule has 0 aromatic carbocycles. The summed E-state index contributed by atoms with van der Waals surface area (Å²) in [6.07, 6.45) is 1.22. The van der Waals surface area contributed by atoms with Gasteiger partial charge in [-0.3, -0.25) is 4.68 Å². The van der Waals surface area contributed by atoms with Gasteiger partial charge in [-0.25, -0.2) is 0 Å². The Morgan fingerprint density at radius 2 is 2.05 bits per heavy atom. The van der Waals surface area contributed by atoms with E-state index >= 15 is 0 Å². The van der Waals surface area contributed by atoms with Crippen LogP contribution < -0.4 is 10.2 Å². The smallest absolute Gasteiger partial charge is 0.131 e. The Kier molecular flexibility index (Phi) is 5.25. The SMILES string of the molecule is Cc1nn(C)c(N2CCSC(C)(C)CC2)c1CNC(C)C. The molecule has 1 aliphatic heterocycles. The summed E-state index contributed by atoms with van der Waals surface area (Å²) in [5, 5.41) is 8.20. The fourth-order valence-corrected chi connectivity index (χ4v) is 3.93. The highest BCUT2D eigenvalue weighted by Gasteiger charge is 2.27. The molecule has 0 bridgehead atoms. The minimum atomic E-state index is 0.388. The molecule has 1 aromatic heterocycles. The number of rotatable bonds is 4. The molecule has 1 aromatic rings. The summed E-state index contributed by atoms with van der Waals surface area (Å²) in [4.78, 5) is 2.53. The summed E-state index contributed by atoms with van der Waals surface area (Å²) in [6.45, 7) is 14.4. The third-order valence-corrected chi connectivity index (χ3v) is 5.51. The first-order valence-corrected chi connectivity index (χ1v) is 8.93. The van der Waals surface area contributed by atoms with Crippen LogP contribution in [0.25, 0.3) is 0 Å². The van der Waals surface area contributed by atoms with Gasteiger partial charge in [0.25, 0.3) is 0 Å². The molecule has 2 rings (SSSR count). The maximum atomic E-state index is 4.66. The van der Waals surface area contributed by atoms with Crippen LogP contribution in [0.5, 0.6) is 0 Å². The van der Waals surface area contributed by atoms with Gasteiger partial charge in [-0.1, -0.05) is 27.7 Å². The van der Waals surface area contributed by atoms with Crippen molar-refractivity contribution in [3.8, 4) is 0 Å². The number of anilines is 1. The molecule has 0 spiro atoms. The van der Waals surface area contributed by atoms with Crippen LogP contribution in [-0.4, -0.2) is 39.4 Å². The van der Waals surface area contributed by atoms with Crippen molar-refractivity contribution in [3.05, 3.63) is 11.3 Å². The summed E-state index contributed by atoms with van der Waals surface area (Å²) in [5.74, 6) is 2.49. The van der Waals surface area contributed by atoms with E-state index in [4.69, 9.17) is 0 Å². The monoisotopic (exact) mass is 310 g/mol. The molecule has 0 atom stereocenters. The van der Waals surface area contributed by atoms with Gasteiger partial charge in [-0.05, 0) is 13.3 Å². The first kappa shape index (κ1) is 16.7.